The van der Waals surface area contributed by atoms with E-state index in [1.807, 2.05) is 0 Å². The predicted octanol–water partition coefficient (Wildman–Crippen LogP) is 1.14. The molecule has 0 aliphatic heterocycles. The van der Waals surface area contributed by atoms with E-state index in [0.717, 1.165) is 25.0 Å². The number of hydrogen-bond acceptors (Lipinski definition) is 5. The van der Waals surface area contributed by atoms with E-state index in [9.17, 15) is 23.3 Å². The molecule has 0 unspecified atom stereocenters. The van der Waals surface area contributed by atoms with Gasteiger partial charge >= 0.3 is 0 Å². The Bertz CT molecular complexity index is 715. The molecular formula is C11H12BrN3O5S. The van der Waals surface area contributed by atoms with Gasteiger partial charge in [-0.15, -0.1) is 0 Å². The molecule has 1 aliphatic rings. The van der Waals surface area contributed by atoms with Gasteiger partial charge in [-0.05, 0) is 34.7 Å². The molecule has 1 saturated carbocycles. The first-order valence-corrected chi connectivity index (χ1v) is 8.33. The Morgan fingerprint density at radius 3 is 2.57 bits per heavy atom. The van der Waals surface area contributed by atoms with Crippen LogP contribution in [0, 0.1) is 16.0 Å². The van der Waals surface area contributed by atoms with Crippen LogP contribution in [0.3, 0.4) is 0 Å². The highest BCUT2D eigenvalue weighted by Crippen LogP contribution is 2.31. The number of benzene rings is 1. The van der Waals surface area contributed by atoms with Crippen LogP contribution >= 0.6 is 15.9 Å². The van der Waals surface area contributed by atoms with Crippen LogP contribution in [-0.2, 0) is 10.0 Å². The van der Waals surface area contributed by atoms with E-state index in [0.29, 0.717) is 12.5 Å². The first-order valence-electron chi connectivity index (χ1n) is 5.99. The SMILES string of the molecule is NS(=O)(=O)c1cc([N+](=O)[O-])cc(C(=O)NCC2CC2)c1Br. The molecule has 1 aliphatic carbocycles. The zero-order valence-corrected chi connectivity index (χ0v) is 13.1. The molecule has 0 heterocycles. The summed E-state index contributed by atoms with van der Waals surface area (Å²) in [6.45, 7) is 0.457. The molecular weight excluding hydrogens is 366 g/mol. The molecule has 10 heteroatoms. The molecule has 0 aromatic heterocycles. The topological polar surface area (TPSA) is 132 Å². The van der Waals surface area contributed by atoms with Gasteiger partial charge < -0.3 is 5.32 Å². The number of hydrogen-bond donors (Lipinski definition) is 2. The minimum absolute atomic E-state index is 0.0797. The summed E-state index contributed by atoms with van der Waals surface area (Å²) in [6, 6.07) is 1.83. The zero-order valence-electron chi connectivity index (χ0n) is 10.7. The van der Waals surface area contributed by atoms with Crippen LogP contribution in [-0.4, -0.2) is 25.8 Å². The van der Waals surface area contributed by atoms with Gasteiger partial charge in [0.15, 0.2) is 0 Å². The number of non-ortho nitro benzene ring substituents is 1. The lowest BCUT2D eigenvalue weighted by Gasteiger charge is -2.09. The van der Waals surface area contributed by atoms with Crippen molar-refractivity contribution in [1.29, 1.82) is 0 Å². The van der Waals surface area contributed by atoms with E-state index in [4.69, 9.17) is 5.14 Å². The minimum atomic E-state index is -4.20. The van der Waals surface area contributed by atoms with Gasteiger partial charge in [-0.1, -0.05) is 0 Å². The smallest absolute Gasteiger partial charge is 0.271 e. The summed E-state index contributed by atoms with van der Waals surface area (Å²) in [7, 11) is -4.20. The molecule has 3 N–H and O–H groups in total. The summed E-state index contributed by atoms with van der Waals surface area (Å²) in [5.41, 5.74) is -0.646. The maximum absolute atomic E-state index is 12.1. The maximum atomic E-state index is 12.1. The average Bonchev–Trinajstić information content (AvgIpc) is 3.18. The maximum Gasteiger partial charge on any atom is 0.271 e. The summed E-state index contributed by atoms with van der Waals surface area (Å²) < 4.78 is 22.9. The third kappa shape index (κ3) is 3.77. The van der Waals surface area contributed by atoms with E-state index in [1.165, 1.54) is 0 Å². The number of rotatable bonds is 5. The van der Waals surface area contributed by atoms with Crippen molar-refractivity contribution in [3.63, 3.8) is 0 Å². The normalized spacial score (nSPS) is 14.8. The lowest BCUT2D eigenvalue weighted by atomic mass is 10.2. The van der Waals surface area contributed by atoms with Crippen molar-refractivity contribution in [3.8, 4) is 0 Å². The minimum Gasteiger partial charge on any atom is -0.352 e. The van der Waals surface area contributed by atoms with E-state index in [-0.39, 0.29) is 10.0 Å². The Labute approximate surface area is 129 Å². The molecule has 1 aromatic carbocycles. The van der Waals surface area contributed by atoms with Crippen LogP contribution in [0.25, 0.3) is 0 Å². The molecule has 0 radical (unpaired) electrons. The van der Waals surface area contributed by atoms with Gasteiger partial charge in [-0.25, -0.2) is 13.6 Å². The third-order valence-electron chi connectivity index (χ3n) is 3.03. The second-order valence-electron chi connectivity index (χ2n) is 4.76. The summed E-state index contributed by atoms with van der Waals surface area (Å²) in [4.78, 5) is 21.6. The summed E-state index contributed by atoms with van der Waals surface area (Å²) in [5.74, 6) is -0.161. The van der Waals surface area contributed by atoms with Crippen LogP contribution in [0.4, 0.5) is 5.69 Å². The molecule has 0 spiro atoms. The van der Waals surface area contributed by atoms with Crippen molar-refractivity contribution in [1.82, 2.24) is 5.32 Å². The van der Waals surface area contributed by atoms with Crippen LogP contribution in [0.15, 0.2) is 21.5 Å². The van der Waals surface area contributed by atoms with Gasteiger partial charge in [0.25, 0.3) is 11.6 Å². The fourth-order valence-electron chi connectivity index (χ4n) is 1.72. The summed E-state index contributed by atoms with van der Waals surface area (Å²) >= 11 is 2.98. The third-order valence-corrected chi connectivity index (χ3v) is 5.09. The average molecular weight is 378 g/mol. The van der Waals surface area contributed by atoms with Crippen LogP contribution in [0.5, 0.6) is 0 Å². The Morgan fingerprint density at radius 2 is 2.10 bits per heavy atom. The number of primary sulfonamides is 1. The van der Waals surface area contributed by atoms with E-state index in [1.54, 1.807) is 0 Å². The number of carbonyl (C=O) groups is 1. The zero-order chi connectivity index (χ0) is 15.8. The molecule has 2 rings (SSSR count). The number of nitrogens with two attached hydrogens (primary N) is 1. The van der Waals surface area contributed by atoms with Gasteiger partial charge in [0.2, 0.25) is 10.0 Å². The number of carbonyl (C=O) groups excluding carboxylic acids is 1. The first kappa shape index (κ1) is 15.9. The van der Waals surface area contributed by atoms with Crippen LogP contribution in [0.1, 0.15) is 23.2 Å². The van der Waals surface area contributed by atoms with Gasteiger partial charge in [0.05, 0.1) is 15.0 Å². The van der Waals surface area contributed by atoms with Crippen molar-refractivity contribution in [2.45, 2.75) is 17.7 Å². The standard InChI is InChI=1S/C11H12BrN3O5S/c12-10-8(11(16)14-5-6-1-2-6)3-7(15(17)18)4-9(10)21(13,19)20/h3-4,6H,1-2,5H2,(H,14,16)(H2,13,19,20). The number of amides is 1. The first-order chi connectivity index (χ1) is 9.70. The fraction of sp³-hybridized carbons (Fsp3) is 0.364. The Hall–Kier alpha value is -1.52. The van der Waals surface area contributed by atoms with Crippen molar-refractivity contribution >= 4 is 37.5 Å². The lowest BCUT2D eigenvalue weighted by molar-refractivity contribution is -0.385. The van der Waals surface area contributed by atoms with Crippen molar-refractivity contribution in [3.05, 3.63) is 32.3 Å². The highest BCUT2D eigenvalue weighted by atomic mass is 79.9. The molecule has 114 valence electrons. The Balaban J connectivity index is 2.44. The van der Waals surface area contributed by atoms with Crippen molar-refractivity contribution < 1.29 is 18.1 Å². The number of nitro groups is 1. The second-order valence-corrected chi connectivity index (χ2v) is 7.08. The van der Waals surface area contributed by atoms with Crippen LogP contribution < -0.4 is 10.5 Å². The predicted molar refractivity (Wildman–Crippen MR) is 77.2 cm³/mol. The molecule has 1 aromatic rings. The number of nitrogens with zero attached hydrogens (tertiary/aromatic N) is 1. The quantitative estimate of drug-likeness (QED) is 0.586. The monoisotopic (exact) mass is 377 g/mol. The Morgan fingerprint density at radius 1 is 1.48 bits per heavy atom. The fourth-order valence-corrected chi connectivity index (χ4v) is 3.45. The van der Waals surface area contributed by atoms with Gasteiger partial charge in [0.1, 0.15) is 4.90 Å². The largest absolute Gasteiger partial charge is 0.352 e. The van der Waals surface area contributed by atoms with Crippen molar-refractivity contribution in [2.75, 3.05) is 6.54 Å². The number of halogens is 1. The van der Waals surface area contributed by atoms with Crippen molar-refractivity contribution in [2.24, 2.45) is 11.1 Å². The molecule has 21 heavy (non-hydrogen) atoms. The molecule has 0 bridgehead atoms. The summed E-state index contributed by atoms with van der Waals surface area (Å²) in [5, 5.41) is 18.5. The lowest BCUT2D eigenvalue weighted by Crippen LogP contribution is -2.26. The van der Waals surface area contributed by atoms with E-state index < -0.39 is 31.4 Å². The Kier molecular flexibility index (Phi) is 4.30. The van der Waals surface area contributed by atoms with Gasteiger partial charge in [-0.3, -0.25) is 14.9 Å². The molecule has 1 amide bonds. The van der Waals surface area contributed by atoms with E-state index >= 15 is 0 Å². The molecule has 0 atom stereocenters. The summed E-state index contributed by atoms with van der Waals surface area (Å²) in [6.07, 6.45) is 2.05. The number of nitro benzene ring substituents is 1. The number of sulfonamides is 1. The van der Waals surface area contributed by atoms with Crippen LogP contribution in [0.2, 0.25) is 0 Å². The number of nitrogens with one attached hydrogen (secondary N) is 1. The highest BCUT2D eigenvalue weighted by molar-refractivity contribution is 9.10. The molecule has 0 saturated heterocycles. The molecule has 8 nitrogen and oxygen atoms in total. The second kappa shape index (κ2) is 5.70. The van der Waals surface area contributed by atoms with E-state index in [2.05, 4.69) is 21.2 Å². The molecule has 1 fully saturated rings. The van der Waals surface area contributed by atoms with Gasteiger partial charge in [-0.2, -0.15) is 0 Å². The highest BCUT2D eigenvalue weighted by Gasteiger charge is 2.26. The van der Waals surface area contributed by atoms with Gasteiger partial charge in [0, 0.05) is 18.7 Å².